The SMILES string of the molecule is N=C/C(N)=C(\N)c1cccc(Cl)c1. The van der Waals surface area contributed by atoms with Crippen LogP contribution < -0.4 is 11.5 Å². The van der Waals surface area contributed by atoms with E-state index in [1.807, 2.05) is 0 Å². The number of hydrogen-bond donors (Lipinski definition) is 3. The second-order valence-electron chi connectivity index (χ2n) is 2.52. The molecule has 1 aromatic carbocycles. The van der Waals surface area contributed by atoms with Crippen molar-refractivity contribution in [2.24, 2.45) is 11.5 Å². The van der Waals surface area contributed by atoms with Crippen LogP contribution >= 0.6 is 11.6 Å². The van der Waals surface area contributed by atoms with Crippen LogP contribution in [-0.2, 0) is 0 Å². The fourth-order valence-electron chi connectivity index (χ4n) is 0.900. The molecule has 4 heteroatoms. The Bertz CT molecular complexity index is 358. The maximum Gasteiger partial charge on any atom is 0.0732 e. The minimum absolute atomic E-state index is 0.238. The fourth-order valence-corrected chi connectivity index (χ4v) is 1.09. The van der Waals surface area contributed by atoms with E-state index in [1.165, 1.54) is 0 Å². The van der Waals surface area contributed by atoms with Crippen LogP contribution in [0.1, 0.15) is 5.56 Å². The average molecular weight is 196 g/mol. The van der Waals surface area contributed by atoms with Crippen LogP contribution in [0.4, 0.5) is 0 Å². The fraction of sp³-hybridized carbons (Fsp3) is 0. The summed E-state index contributed by atoms with van der Waals surface area (Å²) in [6.45, 7) is 0. The van der Waals surface area contributed by atoms with Crippen molar-refractivity contribution in [3.8, 4) is 0 Å². The smallest absolute Gasteiger partial charge is 0.0732 e. The standard InChI is InChI=1S/C9H10ClN3/c10-7-3-1-2-6(4-7)9(13)8(12)5-11/h1-5,11H,12-13H2/b9-8+,11-5?. The molecule has 0 radical (unpaired) electrons. The normalized spacial score (nSPS) is 12.1. The topological polar surface area (TPSA) is 75.9 Å². The van der Waals surface area contributed by atoms with Gasteiger partial charge in [0.2, 0.25) is 0 Å². The highest BCUT2D eigenvalue weighted by atomic mass is 35.5. The van der Waals surface area contributed by atoms with E-state index < -0.39 is 0 Å². The Labute approximate surface area is 81.5 Å². The zero-order chi connectivity index (χ0) is 9.84. The molecule has 68 valence electrons. The zero-order valence-electron chi connectivity index (χ0n) is 6.92. The van der Waals surface area contributed by atoms with Crippen molar-refractivity contribution in [1.29, 1.82) is 5.41 Å². The van der Waals surface area contributed by atoms with Crippen LogP contribution in [-0.4, -0.2) is 6.21 Å². The molecule has 0 heterocycles. The van der Waals surface area contributed by atoms with Gasteiger partial charge < -0.3 is 16.9 Å². The molecule has 0 spiro atoms. The molecule has 0 unspecified atom stereocenters. The van der Waals surface area contributed by atoms with Gasteiger partial charge in [-0.15, -0.1) is 0 Å². The molecule has 0 aromatic heterocycles. The van der Waals surface area contributed by atoms with Gasteiger partial charge in [-0.2, -0.15) is 0 Å². The molecule has 0 aliphatic rings. The summed E-state index contributed by atoms with van der Waals surface area (Å²) >= 11 is 5.76. The van der Waals surface area contributed by atoms with E-state index in [2.05, 4.69) is 0 Å². The molecule has 1 rings (SSSR count). The van der Waals surface area contributed by atoms with Gasteiger partial charge in [0.15, 0.2) is 0 Å². The van der Waals surface area contributed by atoms with Crippen molar-refractivity contribution in [1.82, 2.24) is 0 Å². The predicted molar refractivity (Wildman–Crippen MR) is 55.5 cm³/mol. The first-order valence-electron chi connectivity index (χ1n) is 3.67. The van der Waals surface area contributed by atoms with Crippen LogP contribution in [0.3, 0.4) is 0 Å². The number of nitrogens with two attached hydrogens (primary N) is 2. The lowest BCUT2D eigenvalue weighted by Gasteiger charge is -2.03. The number of allylic oxidation sites excluding steroid dienone is 1. The Hall–Kier alpha value is -1.48. The Kier molecular flexibility index (Phi) is 2.93. The molecule has 1 aromatic rings. The highest BCUT2D eigenvalue weighted by molar-refractivity contribution is 6.30. The summed E-state index contributed by atoms with van der Waals surface area (Å²) in [6.07, 6.45) is 1.01. The zero-order valence-corrected chi connectivity index (χ0v) is 7.68. The number of nitrogens with one attached hydrogen (secondary N) is 1. The number of rotatable bonds is 2. The predicted octanol–water partition coefficient (Wildman–Crippen LogP) is 1.58. The highest BCUT2D eigenvalue weighted by Gasteiger charge is 2.00. The van der Waals surface area contributed by atoms with Gasteiger partial charge in [-0.3, -0.25) is 0 Å². The molecule has 0 saturated carbocycles. The van der Waals surface area contributed by atoms with Gasteiger partial charge >= 0.3 is 0 Å². The average Bonchev–Trinajstić information content (AvgIpc) is 2.15. The summed E-state index contributed by atoms with van der Waals surface area (Å²) in [5.41, 5.74) is 12.5. The molecule has 0 fully saturated rings. The molecule has 13 heavy (non-hydrogen) atoms. The summed E-state index contributed by atoms with van der Waals surface area (Å²) in [5.74, 6) is 0. The van der Waals surface area contributed by atoms with Gasteiger partial charge in [-0.1, -0.05) is 23.7 Å². The molecule has 0 amide bonds. The van der Waals surface area contributed by atoms with Crippen molar-refractivity contribution in [2.45, 2.75) is 0 Å². The third-order valence-electron chi connectivity index (χ3n) is 1.60. The van der Waals surface area contributed by atoms with Gasteiger partial charge in [0.1, 0.15) is 0 Å². The second kappa shape index (κ2) is 3.96. The molecule has 5 N–H and O–H groups in total. The molecule has 3 nitrogen and oxygen atoms in total. The summed E-state index contributed by atoms with van der Waals surface area (Å²) in [5, 5.41) is 7.52. The minimum atomic E-state index is 0.238. The third-order valence-corrected chi connectivity index (χ3v) is 1.84. The van der Waals surface area contributed by atoms with E-state index in [9.17, 15) is 0 Å². The van der Waals surface area contributed by atoms with Gasteiger partial charge in [-0.25, -0.2) is 0 Å². The van der Waals surface area contributed by atoms with E-state index >= 15 is 0 Å². The van der Waals surface area contributed by atoms with Crippen molar-refractivity contribution < 1.29 is 0 Å². The Morgan fingerprint density at radius 1 is 1.38 bits per heavy atom. The summed E-state index contributed by atoms with van der Waals surface area (Å²) < 4.78 is 0. The van der Waals surface area contributed by atoms with Gasteiger partial charge in [0.05, 0.1) is 11.4 Å². The van der Waals surface area contributed by atoms with Crippen LogP contribution in [0.5, 0.6) is 0 Å². The van der Waals surface area contributed by atoms with Crippen LogP contribution in [0.2, 0.25) is 5.02 Å². The van der Waals surface area contributed by atoms with Crippen LogP contribution in [0.25, 0.3) is 5.70 Å². The van der Waals surface area contributed by atoms with E-state index in [0.29, 0.717) is 10.7 Å². The largest absolute Gasteiger partial charge is 0.397 e. The van der Waals surface area contributed by atoms with Gasteiger partial charge in [0.25, 0.3) is 0 Å². The van der Waals surface area contributed by atoms with E-state index in [-0.39, 0.29) is 5.70 Å². The van der Waals surface area contributed by atoms with Crippen molar-refractivity contribution in [3.63, 3.8) is 0 Å². The first kappa shape index (κ1) is 9.61. The maximum atomic E-state index is 6.92. The lowest BCUT2D eigenvalue weighted by Crippen LogP contribution is -2.09. The van der Waals surface area contributed by atoms with Crippen LogP contribution in [0.15, 0.2) is 30.0 Å². The van der Waals surface area contributed by atoms with Crippen molar-refractivity contribution in [2.75, 3.05) is 0 Å². The molecular weight excluding hydrogens is 186 g/mol. The molecule has 0 saturated heterocycles. The molecule has 0 aliphatic carbocycles. The summed E-state index contributed by atoms with van der Waals surface area (Å²) in [7, 11) is 0. The Morgan fingerprint density at radius 2 is 2.08 bits per heavy atom. The second-order valence-corrected chi connectivity index (χ2v) is 2.96. The highest BCUT2D eigenvalue weighted by Crippen LogP contribution is 2.15. The first-order chi connectivity index (χ1) is 6.15. The maximum absolute atomic E-state index is 6.92. The lowest BCUT2D eigenvalue weighted by molar-refractivity contribution is 1.39. The lowest BCUT2D eigenvalue weighted by atomic mass is 10.1. The molecule has 0 aliphatic heterocycles. The van der Waals surface area contributed by atoms with Crippen LogP contribution in [0, 0.1) is 5.41 Å². The quantitative estimate of drug-likeness (QED) is 0.627. The monoisotopic (exact) mass is 195 g/mol. The first-order valence-corrected chi connectivity index (χ1v) is 4.04. The number of benzene rings is 1. The summed E-state index contributed by atoms with van der Waals surface area (Å²) in [6, 6.07) is 7.02. The Balaban J connectivity index is 3.16. The van der Waals surface area contributed by atoms with E-state index in [4.69, 9.17) is 28.5 Å². The molecule has 0 bridgehead atoms. The summed E-state index contributed by atoms with van der Waals surface area (Å²) in [4.78, 5) is 0. The minimum Gasteiger partial charge on any atom is -0.397 e. The van der Waals surface area contributed by atoms with E-state index in [1.54, 1.807) is 24.3 Å². The number of halogens is 1. The van der Waals surface area contributed by atoms with E-state index in [0.717, 1.165) is 11.8 Å². The van der Waals surface area contributed by atoms with Gasteiger partial charge in [-0.05, 0) is 12.1 Å². The third kappa shape index (κ3) is 2.23. The Morgan fingerprint density at radius 3 is 2.62 bits per heavy atom. The molecule has 0 atom stereocenters. The van der Waals surface area contributed by atoms with Gasteiger partial charge in [0, 0.05) is 16.8 Å². The molecular formula is C9H10ClN3. The van der Waals surface area contributed by atoms with Crippen molar-refractivity contribution >= 4 is 23.5 Å². The number of hydrogen-bond acceptors (Lipinski definition) is 3. The van der Waals surface area contributed by atoms with Crippen molar-refractivity contribution in [3.05, 3.63) is 40.5 Å².